The average Bonchev–Trinajstić information content (AvgIpc) is 2.63. The third-order valence-corrected chi connectivity index (χ3v) is 4.83. The number of ether oxygens (including phenoxy) is 1. The number of rotatable bonds is 4. The van der Waals surface area contributed by atoms with E-state index in [-0.39, 0.29) is 11.5 Å². The number of carboxylic acids is 1. The molecule has 26 heavy (non-hydrogen) atoms. The SMILES string of the molecule is Cc1ccc(Cl)c(OC(C)C(=O)N2CCc3ccc(C(=O)O)cc3C2)c1. The number of carbonyl (C=O) groups excluding carboxylic acids is 1. The van der Waals surface area contributed by atoms with Crippen molar-refractivity contribution >= 4 is 23.5 Å². The molecule has 2 aromatic carbocycles. The van der Waals surface area contributed by atoms with Crippen LogP contribution >= 0.6 is 11.6 Å². The fraction of sp³-hybridized carbons (Fsp3) is 0.300. The number of carboxylic acid groups (broad SMARTS) is 1. The fourth-order valence-electron chi connectivity index (χ4n) is 3.08. The molecule has 0 aromatic heterocycles. The van der Waals surface area contributed by atoms with Crippen LogP contribution in [0.4, 0.5) is 0 Å². The summed E-state index contributed by atoms with van der Waals surface area (Å²) in [5.41, 5.74) is 3.17. The summed E-state index contributed by atoms with van der Waals surface area (Å²) in [5, 5.41) is 9.61. The molecule has 1 atom stereocenters. The number of aryl methyl sites for hydroxylation is 1. The second-order valence-corrected chi connectivity index (χ2v) is 6.90. The molecular formula is C20H20ClNO4. The van der Waals surface area contributed by atoms with E-state index in [0.29, 0.717) is 30.3 Å². The molecule has 6 heteroatoms. The zero-order valence-corrected chi connectivity index (χ0v) is 15.4. The largest absolute Gasteiger partial charge is 0.479 e. The van der Waals surface area contributed by atoms with Crippen molar-refractivity contribution in [3.8, 4) is 5.75 Å². The van der Waals surface area contributed by atoms with Crippen molar-refractivity contribution in [2.24, 2.45) is 0 Å². The van der Waals surface area contributed by atoms with Crippen LogP contribution in [0.1, 0.15) is 34.0 Å². The van der Waals surface area contributed by atoms with Gasteiger partial charge in [-0.2, -0.15) is 0 Å². The summed E-state index contributed by atoms with van der Waals surface area (Å²) in [4.78, 5) is 25.6. The molecule has 0 radical (unpaired) electrons. The Kier molecular flexibility index (Phi) is 5.18. The van der Waals surface area contributed by atoms with Crippen LogP contribution in [0.3, 0.4) is 0 Å². The minimum atomic E-state index is -0.970. The van der Waals surface area contributed by atoms with Crippen molar-refractivity contribution in [3.05, 3.63) is 63.7 Å². The highest BCUT2D eigenvalue weighted by molar-refractivity contribution is 6.32. The summed E-state index contributed by atoms with van der Waals surface area (Å²) < 4.78 is 5.77. The molecule has 1 heterocycles. The molecular weight excluding hydrogens is 354 g/mol. The Balaban J connectivity index is 1.73. The minimum Gasteiger partial charge on any atom is -0.479 e. The van der Waals surface area contributed by atoms with Gasteiger partial charge in [-0.25, -0.2) is 4.79 Å². The monoisotopic (exact) mass is 373 g/mol. The molecule has 1 N–H and O–H groups in total. The quantitative estimate of drug-likeness (QED) is 0.887. The molecule has 1 aliphatic rings. The van der Waals surface area contributed by atoms with Gasteiger partial charge in [-0.05, 0) is 61.2 Å². The van der Waals surface area contributed by atoms with Crippen LogP contribution < -0.4 is 4.74 Å². The molecule has 3 rings (SSSR count). The van der Waals surface area contributed by atoms with Gasteiger partial charge in [0.15, 0.2) is 6.10 Å². The number of hydrogen-bond acceptors (Lipinski definition) is 3. The van der Waals surface area contributed by atoms with Gasteiger partial charge in [-0.15, -0.1) is 0 Å². The Morgan fingerprint density at radius 2 is 1.96 bits per heavy atom. The van der Waals surface area contributed by atoms with Crippen molar-refractivity contribution in [3.63, 3.8) is 0 Å². The van der Waals surface area contributed by atoms with Crippen LogP contribution in [0.15, 0.2) is 36.4 Å². The first kappa shape index (κ1) is 18.3. The summed E-state index contributed by atoms with van der Waals surface area (Å²) in [6.45, 7) is 4.58. The average molecular weight is 374 g/mol. The van der Waals surface area contributed by atoms with E-state index in [2.05, 4.69) is 0 Å². The fourth-order valence-corrected chi connectivity index (χ4v) is 3.24. The molecule has 0 saturated heterocycles. The van der Waals surface area contributed by atoms with Gasteiger partial charge >= 0.3 is 5.97 Å². The lowest BCUT2D eigenvalue weighted by Gasteiger charge is -2.31. The zero-order chi connectivity index (χ0) is 18.8. The first-order chi connectivity index (χ1) is 12.3. The molecule has 0 fully saturated rings. The second-order valence-electron chi connectivity index (χ2n) is 6.49. The van der Waals surface area contributed by atoms with Gasteiger partial charge in [0.05, 0.1) is 10.6 Å². The van der Waals surface area contributed by atoms with E-state index in [1.165, 1.54) is 0 Å². The van der Waals surface area contributed by atoms with E-state index >= 15 is 0 Å². The highest BCUT2D eigenvalue weighted by atomic mass is 35.5. The zero-order valence-electron chi connectivity index (χ0n) is 14.7. The van der Waals surface area contributed by atoms with Gasteiger partial charge in [0.1, 0.15) is 5.75 Å². The summed E-state index contributed by atoms with van der Waals surface area (Å²) >= 11 is 6.14. The van der Waals surface area contributed by atoms with Gasteiger partial charge in [0, 0.05) is 13.1 Å². The Morgan fingerprint density at radius 1 is 1.19 bits per heavy atom. The highest BCUT2D eigenvalue weighted by Gasteiger charge is 2.26. The predicted octanol–water partition coefficient (Wildman–Crippen LogP) is 3.70. The Labute approximate surface area is 157 Å². The summed E-state index contributed by atoms with van der Waals surface area (Å²) in [6, 6.07) is 10.5. The maximum Gasteiger partial charge on any atom is 0.335 e. The van der Waals surface area contributed by atoms with Crippen molar-refractivity contribution in [2.45, 2.75) is 32.9 Å². The number of amides is 1. The highest BCUT2D eigenvalue weighted by Crippen LogP contribution is 2.27. The normalized spacial score (nSPS) is 14.5. The van der Waals surface area contributed by atoms with Crippen molar-refractivity contribution in [1.29, 1.82) is 0 Å². The summed E-state index contributed by atoms with van der Waals surface area (Å²) in [6.07, 6.45) is 0.0114. The molecule has 1 amide bonds. The second kappa shape index (κ2) is 7.38. The van der Waals surface area contributed by atoms with Gasteiger partial charge in [-0.1, -0.05) is 23.7 Å². The van der Waals surface area contributed by atoms with E-state index in [0.717, 1.165) is 16.7 Å². The molecule has 136 valence electrons. The lowest BCUT2D eigenvalue weighted by molar-refractivity contribution is -0.138. The van der Waals surface area contributed by atoms with Crippen molar-refractivity contribution in [2.75, 3.05) is 6.54 Å². The topological polar surface area (TPSA) is 66.8 Å². The van der Waals surface area contributed by atoms with Gasteiger partial charge in [0.25, 0.3) is 5.91 Å². The number of hydrogen-bond donors (Lipinski definition) is 1. The maximum atomic E-state index is 12.8. The third kappa shape index (κ3) is 3.83. The van der Waals surface area contributed by atoms with Gasteiger partial charge in [-0.3, -0.25) is 4.79 Å². The lowest BCUT2D eigenvalue weighted by atomic mass is 9.97. The summed E-state index contributed by atoms with van der Waals surface area (Å²) in [5.74, 6) is -0.630. The maximum absolute atomic E-state index is 12.8. The smallest absolute Gasteiger partial charge is 0.335 e. The molecule has 0 saturated carbocycles. The molecule has 0 aliphatic carbocycles. The number of fused-ring (bicyclic) bond motifs is 1. The van der Waals surface area contributed by atoms with E-state index in [1.807, 2.05) is 19.1 Å². The van der Waals surface area contributed by atoms with Crippen LogP contribution in [-0.4, -0.2) is 34.5 Å². The van der Waals surface area contributed by atoms with Gasteiger partial charge in [0.2, 0.25) is 0 Å². The van der Waals surface area contributed by atoms with Crippen LogP contribution in [0.25, 0.3) is 0 Å². The van der Waals surface area contributed by atoms with E-state index in [4.69, 9.17) is 21.4 Å². The van der Waals surface area contributed by atoms with Crippen LogP contribution in [0.5, 0.6) is 5.75 Å². The molecule has 0 bridgehead atoms. The Hall–Kier alpha value is -2.53. The first-order valence-electron chi connectivity index (χ1n) is 8.42. The van der Waals surface area contributed by atoms with Crippen LogP contribution in [0.2, 0.25) is 5.02 Å². The standard InChI is InChI=1S/C20H20ClNO4/c1-12-3-6-17(21)18(9-12)26-13(2)19(23)22-8-7-14-4-5-15(20(24)25)10-16(14)11-22/h3-6,9-10,13H,7-8,11H2,1-2H3,(H,24,25). The molecule has 5 nitrogen and oxygen atoms in total. The lowest BCUT2D eigenvalue weighted by Crippen LogP contribution is -2.43. The summed E-state index contributed by atoms with van der Waals surface area (Å²) in [7, 11) is 0. The molecule has 1 aliphatic heterocycles. The number of halogens is 1. The Morgan fingerprint density at radius 3 is 2.69 bits per heavy atom. The molecule has 1 unspecified atom stereocenters. The van der Waals surface area contributed by atoms with Crippen molar-refractivity contribution < 1.29 is 19.4 Å². The van der Waals surface area contributed by atoms with Crippen LogP contribution in [0, 0.1) is 6.92 Å². The van der Waals surface area contributed by atoms with Crippen molar-refractivity contribution in [1.82, 2.24) is 4.90 Å². The predicted molar refractivity (Wildman–Crippen MR) is 98.8 cm³/mol. The van der Waals surface area contributed by atoms with E-state index in [9.17, 15) is 9.59 Å². The molecule has 2 aromatic rings. The number of benzene rings is 2. The van der Waals surface area contributed by atoms with E-state index in [1.54, 1.807) is 36.1 Å². The van der Waals surface area contributed by atoms with Crippen LogP contribution in [-0.2, 0) is 17.8 Å². The van der Waals surface area contributed by atoms with E-state index < -0.39 is 12.1 Å². The Bertz CT molecular complexity index is 865. The van der Waals surface area contributed by atoms with Gasteiger partial charge < -0.3 is 14.7 Å². The number of aromatic carboxylic acids is 1. The first-order valence-corrected chi connectivity index (χ1v) is 8.79. The number of carbonyl (C=O) groups is 2. The minimum absolute atomic E-state index is 0.144. The number of nitrogens with zero attached hydrogens (tertiary/aromatic N) is 1. The molecule has 0 spiro atoms. The third-order valence-electron chi connectivity index (χ3n) is 4.52.